The Balaban J connectivity index is 1.58. The van der Waals surface area contributed by atoms with Crippen LogP contribution in [0.5, 0.6) is 0 Å². The summed E-state index contributed by atoms with van der Waals surface area (Å²) in [7, 11) is 0. The van der Waals surface area contributed by atoms with Gasteiger partial charge in [-0.25, -0.2) is 0 Å². The van der Waals surface area contributed by atoms with E-state index in [0.717, 1.165) is 16.7 Å². The number of benzene rings is 3. The second kappa shape index (κ2) is 9.88. The van der Waals surface area contributed by atoms with Crippen LogP contribution in [0.3, 0.4) is 0 Å². The molecule has 0 saturated heterocycles. The first-order valence-corrected chi connectivity index (χ1v) is 12.2. The van der Waals surface area contributed by atoms with E-state index in [9.17, 15) is 9.59 Å². The van der Waals surface area contributed by atoms with Crippen LogP contribution in [0, 0.1) is 5.92 Å². The first kappa shape index (κ1) is 23.1. The standard InChI is InChI=1S/C30H30N2O3/c1-21(2)28-30(34)31(20-23-13-6-7-14-24(23)27-17-10-18-35-27)26-16-9-8-15-25(26)29(33)32(28)19-22-11-4-3-5-12-22/h3-17,21,27-28H,18-20H2,1-2H3. The highest BCUT2D eigenvalue weighted by atomic mass is 16.5. The minimum atomic E-state index is -0.579. The molecular formula is C30H30N2O3. The Bertz CT molecular complexity index is 1250. The molecule has 5 heteroatoms. The van der Waals surface area contributed by atoms with Crippen molar-refractivity contribution < 1.29 is 14.3 Å². The Morgan fingerprint density at radius 3 is 2.34 bits per heavy atom. The van der Waals surface area contributed by atoms with E-state index >= 15 is 0 Å². The highest BCUT2D eigenvalue weighted by molar-refractivity contribution is 6.11. The molecule has 2 heterocycles. The molecule has 3 aromatic carbocycles. The Morgan fingerprint density at radius 1 is 0.886 bits per heavy atom. The van der Waals surface area contributed by atoms with E-state index in [0.29, 0.717) is 30.9 Å². The van der Waals surface area contributed by atoms with Gasteiger partial charge in [-0.05, 0) is 34.7 Å². The van der Waals surface area contributed by atoms with E-state index in [1.54, 1.807) is 9.80 Å². The van der Waals surface area contributed by atoms with Gasteiger partial charge in [-0.1, -0.05) is 92.7 Å². The molecule has 0 spiro atoms. The van der Waals surface area contributed by atoms with Gasteiger partial charge in [0.1, 0.15) is 12.1 Å². The van der Waals surface area contributed by atoms with Gasteiger partial charge in [0.15, 0.2) is 0 Å². The summed E-state index contributed by atoms with van der Waals surface area (Å²) >= 11 is 0. The average molecular weight is 467 g/mol. The normalized spacial score (nSPS) is 19.9. The summed E-state index contributed by atoms with van der Waals surface area (Å²) in [5, 5.41) is 0. The van der Waals surface area contributed by atoms with Gasteiger partial charge >= 0.3 is 0 Å². The number of anilines is 1. The lowest BCUT2D eigenvalue weighted by Gasteiger charge is -2.34. The third-order valence-corrected chi connectivity index (χ3v) is 6.74. The van der Waals surface area contributed by atoms with Crippen molar-refractivity contribution >= 4 is 17.5 Å². The Kier molecular flexibility index (Phi) is 6.51. The van der Waals surface area contributed by atoms with Crippen molar-refractivity contribution in [2.24, 2.45) is 5.92 Å². The molecule has 2 unspecified atom stereocenters. The zero-order valence-corrected chi connectivity index (χ0v) is 20.1. The fourth-order valence-electron chi connectivity index (χ4n) is 5.05. The van der Waals surface area contributed by atoms with Gasteiger partial charge in [0.25, 0.3) is 5.91 Å². The molecule has 2 aliphatic rings. The van der Waals surface area contributed by atoms with E-state index in [2.05, 4.69) is 12.1 Å². The molecule has 0 aliphatic carbocycles. The van der Waals surface area contributed by atoms with Crippen LogP contribution in [0.1, 0.15) is 47.0 Å². The smallest absolute Gasteiger partial charge is 0.256 e. The number of fused-ring (bicyclic) bond motifs is 1. The molecule has 3 aromatic rings. The van der Waals surface area contributed by atoms with Gasteiger partial charge < -0.3 is 14.5 Å². The van der Waals surface area contributed by atoms with Crippen molar-refractivity contribution in [2.45, 2.75) is 39.1 Å². The molecule has 0 saturated carbocycles. The zero-order chi connectivity index (χ0) is 24.4. The molecule has 2 amide bonds. The number of para-hydroxylation sites is 1. The number of rotatable bonds is 6. The third-order valence-electron chi connectivity index (χ3n) is 6.74. The Hall–Kier alpha value is -3.70. The molecular weight excluding hydrogens is 436 g/mol. The van der Waals surface area contributed by atoms with E-state index in [1.807, 2.05) is 92.7 Å². The topological polar surface area (TPSA) is 49.9 Å². The minimum Gasteiger partial charge on any atom is -0.365 e. The summed E-state index contributed by atoms with van der Waals surface area (Å²) in [6.07, 6.45) is 3.95. The summed E-state index contributed by atoms with van der Waals surface area (Å²) in [4.78, 5) is 31.7. The molecule has 0 fully saturated rings. The summed E-state index contributed by atoms with van der Waals surface area (Å²) < 4.78 is 5.87. The maximum atomic E-state index is 14.2. The average Bonchev–Trinajstić information content (AvgIpc) is 3.39. The van der Waals surface area contributed by atoms with Crippen LogP contribution in [0.4, 0.5) is 5.69 Å². The van der Waals surface area contributed by atoms with E-state index in [1.165, 1.54) is 0 Å². The van der Waals surface area contributed by atoms with E-state index in [-0.39, 0.29) is 23.8 Å². The molecule has 2 aliphatic heterocycles. The van der Waals surface area contributed by atoms with Gasteiger partial charge in [-0.2, -0.15) is 0 Å². The van der Waals surface area contributed by atoms with Crippen molar-refractivity contribution in [2.75, 3.05) is 11.5 Å². The fourth-order valence-corrected chi connectivity index (χ4v) is 5.05. The molecule has 0 bridgehead atoms. The second-order valence-corrected chi connectivity index (χ2v) is 9.43. The summed E-state index contributed by atoms with van der Waals surface area (Å²) in [5.74, 6) is -0.232. The molecule has 0 aromatic heterocycles. The van der Waals surface area contributed by atoms with Crippen LogP contribution in [0.25, 0.3) is 0 Å². The Labute approximate surface area is 206 Å². The van der Waals surface area contributed by atoms with Gasteiger partial charge in [0.2, 0.25) is 5.91 Å². The molecule has 35 heavy (non-hydrogen) atoms. The maximum absolute atomic E-state index is 14.2. The zero-order valence-electron chi connectivity index (χ0n) is 20.1. The van der Waals surface area contributed by atoms with Gasteiger partial charge in [-0.15, -0.1) is 0 Å². The van der Waals surface area contributed by atoms with Crippen molar-refractivity contribution in [3.63, 3.8) is 0 Å². The van der Waals surface area contributed by atoms with Crippen LogP contribution < -0.4 is 4.90 Å². The molecule has 5 nitrogen and oxygen atoms in total. The van der Waals surface area contributed by atoms with Crippen LogP contribution in [-0.4, -0.2) is 29.4 Å². The predicted octanol–water partition coefficient (Wildman–Crippen LogP) is 5.53. The fraction of sp³-hybridized carbons (Fsp3) is 0.267. The molecule has 0 radical (unpaired) electrons. The molecule has 5 rings (SSSR count). The van der Waals surface area contributed by atoms with Crippen LogP contribution in [0.2, 0.25) is 0 Å². The van der Waals surface area contributed by atoms with Crippen LogP contribution >= 0.6 is 0 Å². The van der Waals surface area contributed by atoms with Crippen LogP contribution in [-0.2, 0) is 22.6 Å². The SMILES string of the molecule is CC(C)C1C(=O)N(Cc2ccccc2C2C=CCO2)c2ccccc2C(=O)N1Cc1ccccc1. The molecule has 0 N–H and O–H groups in total. The lowest BCUT2D eigenvalue weighted by molar-refractivity contribution is -0.124. The van der Waals surface area contributed by atoms with Crippen molar-refractivity contribution in [1.29, 1.82) is 0 Å². The van der Waals surface area contributed by atoms with Crippen molar-refractivity contribution in [3.8, 4) is 0 Å². The summed E-state index contributed by atoms with van der Waals surface area (Å²) in [5.41, 5.74) is 4.26. The van der Waals surface area contributed by atoms with E-state index < -0.39 is 6.04 Å². The maximum Gasteiger partial charge on any atom is 0.256 e. The highest BCUT2D eigenvalue weighted by Gasteiger charge is 2.41. The third kappa shape index (κ3) is 4.52. The quantitative estimate of drug-likeness (QED) is 0.449. The number of nitrogens with zero attached hydrogens (tertiary/aromatic N) is 2. The first-order chi connectivity index (χ1) is 17.0. The monoisotopic (exact) mass is 466 g/mol. The lowest BCUT2D eigenvalue weighted by atomic mass is 9.98. The van der Waals surface area contributed by atoms with Crippen molar-refractivity contribution in [3.05, 3.63) is 113 Å². The summed E-state index contributed by atoms with van der Waals surface area (Å²) in [6, 6.07) is 24.8. The lowest BCUT2D eigenvalue weighted by Crippen LogP contribution is -2.50. The number of hydrogen-bond acceptors (Lipinski definition) is 3. The van der Waals surface area contributed by atoms with Gasteiger partial charge in [0.05, 0.1) is 24.4 Å². The predicted molar refractivity (Wildman–Crippen MR) is 137 cm³/mol. The number of carbonyl (C=O) groups is 2. The van der Waals surface area contributed by atoms with Gasteiger partial charge in [0, 0.05) is 6.54 Å². The second-order valence-electron chi connectivity index (χ2n) is 9.43. The van der Waals surface area contributed by atoms with Crippen molar-refractivity contribution in [1.82, 2.24) is 4.90 Å². The minimum absolute atomic E-state index is 0.0525. The molecule has 2 atom stereocenters. The van der Waals surface area contributed by atoms with Crippen LogP contribution in [0.15, 0.2) is 91.0 Å². The number of ether oxygens (including phenoxy) is 1. The van der Waals surface area contributed by atoms with E-state index in [4.69, 9.17) is 4.74 Å². The first-order valence-electron chi connectivity index (χ1n) is 12.2. The number of amides is 2. The van der Waals surface area contributed by atoms with Gasteiger partial charge in [-0.3, -0.25) is 9.59 Å². The summed E-state index contributed by atoms with van der Waals surface area (Å²) in [6.45, 7) is 5.35. The Morgan fingerprint density at radius 2 is 1.60 bits per heavy atom. The highest BCUT2D eigenvalue weighted by Crippen LogP contribution is 2.34. The largest absolute Gasteiger partial charge is 0.365 e. The molecule has 178 valence electrons. The number of hydrogen-bond donors (Lipinski definition) is 0. The number of carbonyl (C=O) groups excluding carboxylic acids is 2.